The number of benzene rings is 1. The first-order valence-corrected chi connectivity index (χ1v) is 7.87. The first kappa shape index (κ1) is 14.5. The van der Waals surface area contributed by atoms with Crippen molar-refractivity contribution in [1.29, 1.82) is 0 Å². The van der Waals surface area contributed by atoms with Gasteiger partial charge in [0.05, 0.1) is 17.5 Å². The smallest absolute Gasteiger partial charge is 0.216 e. The number of anilines is 1. The van der Waals surface area contributed by atoms with Gasteiger partial charge in [-0.3, -0.25) is 4.98 Å². The molecule has 106 valence electrons. The SMILES string of the molecule is CC(NS(=O)(=O)Cc1ccc(N)cc1)c1ccccn1. The van der Waals surface area contributed by atoms with Gasteiger partial charge in [0.2, 0.25) is 10.0 Å². The molecule has 0 aliphatic rings. The maximum absolute atomic E-state index is 12.1. The van der Waals surface area contributed by atoms with Crippen LogP contribution in [0.25, 0.3) is 0 Å². The summed E-state index contributed by atoms with van der Waals surface area (Å²) in [6.07, 6.45) is 1.64. The zero-order valence-corrected chi connectivity index (χ0v) is 12.0. The lowest BCUT2D eigenvalue weighted by atomic mass is 10.2. The number of hydrogen-bond donors (Lipinski definition) is 2. The molecule has 0 fully saturated rings. The normalized spacial score (nSPS) is 13.1. The van der Waals surface area contributed by atoms with Crippen molar-refractivity contribution < 1.29 is 8.42 Å². The van der Waals surface area contributed by atoms with Gasteiger partial charge < -0.3 is 5.73 Å². The molecule has 0 amide bonds. The third kappa shape index (κ3) is 4.04. The molecule has 1 atom stereocenters. The van der Waals surface area contributed by atoms with Gasteiger partial charge in [-0.2, -0.15) is 0 Å². The Balaban J connectivity index is 2.06. The molecule has 0 saturated heterocycles. The van der Waals surface area contributed by atoms with Gasteiger partial charge in [-0.15, -0.1) is 0 Å². The standard InChI is InChI=1S/C14H17N3O2S/c1-11(14-4-2-3-9-16-14)17-20(18,19)10-12-5-7-13(15)8-6-12/h2-9,11,17H,10,15H2,1H3. The van der Waals surface area contributed by atoms with Gasteiger partial charge >= 0.3 is 0 Å². The Morgan fingerprint density at radius 3 is 2.50 bits per heavy atom. The molecule has 1 unspecified atom stereocenters. The number of aromatic nitrogens is 1. The van der Waals surface area contributed by atoms with Gasteiger partial charge in [0.1, 0.15) is 0 Å². The van der Waals surface area contributed by atoms with Gasteiger partial charge in [0.25, 0.3) is 0 Å². The van der Waals surface area contributed by atoms with Crippen LogP contribution in [0, 0.1) is 0 Å². The van der Waals surface area contributed by atoms with Gasteiger partial charge in [-0.25, -0.2) is 13.1 Å². The number of hydrogen-bond acceptors (Lipinski definition) is 4. The molecule has 2 rings (SSSR count). The molecular weight excluding hydrogens is 274 g/mol. The zero-order valence-electron chi connectivity index (χ0n) is 11.2. The topological polar surface area (TPSA) is 85.1 Å². The van der Waals surface area contributed by atoms with Crippen LogP contribution in [0.4, 0.5) is 5.69 Å². The second-order valence-electron chi connectivity index (χ2n) is 4.59. The van der Waals surface area contributed by atoms with Crippen molar-refractivity contribution in [3.63, 3.8) is 0 Å². The highest BCUT2D eigenvalue weighted by Crippen LogP contribution is 2.13. The summed E-state index contributed by atoms with van der Waals surface area (Å²) in [6.45, 7) is 1.77. The first-order chi connectivity index (χ1) is 9.46. The highest BCUT2D eigenvalue weighted by Gasteiger charge is 2.17. The summed E-state index contributed by atoms with van der Waals surface area (Å²) in [5, 5.41) is 0. The lowest BCUT2D eigenvalue weighted by Crippen LogP contribution is -2.28. The van der Waals surface area contributed by atoms with Crippen LogP contribution in [-0.2, 0) is 15.8 Å². The average Bonchev–Trinajstić information content (AvgIpc) is 2.41. The van der Waals surface area contributed by atoms with E-state index in [1.54, 1.807) is 49.5 Å². The predicted molar refractivity (Wildman–Crippen MR) is 79.3 cm³/mol. The zero-order chi connectivity index (χ0) is 14.6. The summed E-state index contributed by atoms with van der Waals surface area (Å²) in [5.74, 6) is -0.0789. The van der Waals surface area contributed by atoms with Crippen LogP contribution < -0.4 is 10.5 Å². The van der Waals surface area contributed by atoms with Gasteiger partial charge in [0.15, 0.2) is 0 Å². The summed E-state index contributed by atoms with van der Waals surface area (Å²) in [6, 6.07) is 11.8. The third-order valence-corrected chi connectivity index (χ3v) is 4.25. The van der Waals surface area contributed by atoms with E-state index in [0.29, 0.717) is 16.9 Å². The van der Waals surface area contributed by atoms with Crippen LogP contribution in [0.3, 0.4) is 0 Å². The molecule has 0 spiro atoms. The van der Waals surface area contributed by atoms with Crippen LogP contribution in [0.5, 0.6) is 0 Å². The number of nitrogen functional groups attached to an aromatic ring is 1. The molecule has 1 aromatic heterocycles. The largest absolute Gasteiger partial charge is 0.399 e. The Bertz CT molecular complexity index is 655. The Kier molecular flexibility index (Phi) is 4.36. The van der Waals surface area contributed by atoms with E-state index in [1.165, 1.54) is 0 Å². The second-order valence-corrected chi connectivity index (χ2v) is 6.35. The van der Waals surface area contributed by atoms with E-state index < -0.39 is 10.0 Å². The number of nitrogens with zero attached hydrogens (tertiary/aromatic N) is 1. The molecule has 5 nitrogen and oxygen atoms in total. The number of nitrogens with one attached hydrogen (secondary N) is 1. The van der Waals surface area contributed by atoms with Crippen molar-refractivity contribution in [1.82, 2.24) is 9.71 Å². The quantitative estimate of drug-likeness (QED) is 0.823. The fourth-order valence-corrected chi connectivity index (χ4v) is 3.21. The Morgan fingerprint density at radius 2 is 1.90 bits per heavy atom. The highest BCUT2D eigenvalue weighted by atomic mass is 32.2. The fraction of sp³-hybridized carbons (Fsp3) is 0.214. The van der Waals surface area contributed by atoms with Crippen molar-refractivity contribution in [2.75, 3.05) is 5.73 Å². The minimum atomic E-state index is -3.43. The maximum atomic E-state index is 12.1. The molecule has 2 aromatic rings. The van der Waals surface area contributed by atoms with Crippen molar-refractivity contribution >= 4 is 15.7 Å². The summed E-state index contributed by atoms with van der Waals surface area (Å²) in [5.41, 5.74) is 7.57. The van der Waals surface area contributed by atoms with E-state index in [9.17, 15) is 8.42 Å². The van der Waals surface area contributed by atoms with E-state index in [-0.39, 0.29) is 11.8 Å². The van der Waals surface area contributed by atoms with Crippen LogP contribution in [0.15, 0.2) is 48.7 Å². The summed E-state index contributed by atoms with van der Waals surface area (Å²) in [4.78, 5) is 4.14. The molecule has 20 heavy (non-hydrogen) atoms. The monoisotopic (exact) mass is 291 g/mol. The van der Waals surface area contributed by atoms with Crippen molar-refractivity contribution in [3.8, 4) is 0 Å². The van der Waals surface area contributed by atoms with Crippen LogP contribution >= 0.6 is 0 Å². The molecule has 0 aliphatic heterocycles. The molecule has 6 heteroatoms. The summed E-state index contributed by atoms with van der Waals surface area (Å²) < 4.78 is 26.8. The second kappa shape index (κ2) is 6.02. The van der Waals surface area contributed by atoms with E-state index in [1.807, 2.05) is 6.07 Å². The summed E-state index contributed by atoms with van der Waals surface area (Å²) >= 11 is 0. The minimum absolute atomic E-state index is 0.0789. The van der Waals surface area contributed by atoms with Crippen molar-refractivity contribution in [3.05, 3.63) is 59.9 Å². The highest BCUT2D eigenvalue weighted by molar-refractivity contribution is 7.88. The molecule has 1 aromatic carbocycles. The Labute approximate surface area is 118 Å². The number of rotatable bonds is 5. The maximum Gasteiger partial charge on any atom is 0.216 e. The van der Waals surface area contributed by atoms with Crippen LogP contribution in [-0.4, -0.2) is 13.4 Å². The van der Waals surface area contributed by atoms with E-state index in [4.69, 9.17) is 5.73 Å². The lowest BCUT2D eigenvalue weighted by Gasteiger charge is -2.13. The number of pyridine rings is 1. The molecular formula is C14H17N3O2S. The van der Waals surface area contributed by atoms with Crippen LogP contribution in [0.2, 0.25) is 0 Å². The molecule has 0 saturated carbocycles. The molecule has 0 radical (unpaired) electrons. The molecule has 0 bridgehead atoms. The third-order valence-electron chi connectivity index (χ3n) is 2.82. The fourth-order valence-electron chi connectivity index (χ4n) is 1.84. The van der Waals surface area contributed by atoms with Gasteiger partial charge in [0, 0.05) is 11.9 Å². The average molecular weight is 291 g/mol. The lowest BCUT2D eigenvalue weighted by molar-refractivity contribution is 0.563. The first-order valence-electron chi connectivity index (χ1n) is 6.21. The summed E-state index contributed by atoms with van der Waals surface area (Å²) in [7, 11) is -3.43. The number of nitrogens with two attached hydrogens (primary N) is 1. The van der Waals surface area contributed by atoms with E-state index in [0.717, 1.165) is 0 Å². The Morgan fingerprint density at radius 1 is 1.20 bits per heavy atom. The van der Waals surface area contributed by atoms with Gasteiger partial charge in [-0.05, 0) is 36.8 Å². The molecule has 1 heterocycles. The van der Waals surface area contributed by atoms with E-state index in [2.05, 4.69) is 9.71 Å². The van der Waals surface area contributed by atoms with Crippen LogP contribution in [0.1, 0.15) is 24.2 Å². The Hall–Kier alpha value is -1.92. The van der Waals surface area contributed by atoms with E-state index >= 15 is 0 Å². The predicted octanol–water partition coefficient (Wildman–Crippen LogP) is 1.84. The number of sulfonamides is 1. The van der Waals surface area contributed by atoms with Gasteiger partial charge in [-0.1, -0.05) is 18.2 Å². The van der Waals surface area contributed by atoms with Crippen molar-refractivity contribution in [2.24, 2.45) is 0 Å². The van der Waals surface area contributed by atoms with Crippen molar-refractivity contribution in [2.45, 2.75) is 18.7 Å². The molecule has 3 N–H and O–H groups in total. The molecule has 0 aliphatic carbocycles. The minimum Gasteiger partial charge on any atom is -0.399 e.